The van der Waals surface area contributed by atoms with Crippen LogP contribution in [0.5, 0.6) is 0 Å². The molecule has 1 rings (SSSR count). The van der Waals surface area contributed by atoms with Crippen LogP contribution < -0.4 is 10.6 Å². The molecule has 0 aromatic heterocycles. The smallest absolute Gasteiger partial charge is 0.411 e. The van der Waals surface area contributed by atoms with E-state index in [0.29, 0.717) is 11.4 Å². The Morgan fingerprint density at radius 3 is 2.58 bits per heavy atom. The molecule has 1 aromatic carbocycles. The van der Waals surface area contributed by atoms with Gasteiger partial charge in [-0.3, -0.25) is 10.1 Å². The molecule has 0 atom stereocenters. The highest BCUT2D eigenvalue weighted by atomic mass is 16.6. The fraction of sp³-hybridized carbons (Fsp3) is 0.333. The van der Waals surface area contributed by atoms with E-state index < -0.39 is 6.09 Å². The molecule has 0 unspecified atom stereocenters. The third-order valence-corrected chi connectivity index (χ3v) is 1.99. The summed E-state index contributed by atoms with van der Waals surface area (Å²) in [7, 11) is 1.43. The summed E-state index contributed by atoms with van der Waals surface area (Å²) >= 11 is 0. The Morgan fingerprint density at radius 1 is 1.26 bits per heavy atom. The molecule has 7 nitrogen and oxygen atoms in total. The second-order valence-electron chi connectivity index (χ2n) is 3.55. The largest absolute Gasteiger partial charge is 0.447 e. The Balaban J connectivity index is 2.56. The van der Waals surface area contributed by atoms with E-state index in [-0.39, 0.29) is 25.7 Å². The van der Waals surface area contributed by atoms with Gasteiger partial charge in [-0.2, -0.15) is 0 Å². The zero-order chi connectivity index (χ0) is 14.1. The second kappa shape index (κ2) is 8.06. The summed E-state index contributed by atoms with van der Waals surface area (Å²) < 4.78 is 9.34. The lowest BCUT2D eigenvalue weighted by atomic mass is 10.3. The number of nitrogens with one attached hydrogen (secondary N) is 2. The molecule has 104 valence electrons. The van der Waals surface area contributed by atoms with Crippen molar-refractivity contribution in [3.05, 3.63) is 24.3 Å². The Morgan fingerprint density at radius 2 is 1.95 bits per heavy atom. The minimum absolute atomic E-state index is 0.0454. The van der Waals surface area contributed by atoms with Crippen LogP contribution in [0.25, 0.3) is 0 Å². The summed E-state index contributed by atoms with van der Waals surface area (Å²) in [5, 5.41) is 13.6. The monoisotopic (exact) mass is 268 g/mol. The molecule has 0 radical (unpaired) electrons. The van der Waals surface area contributed by atoms with Gasteiger partial charge in [0.1, 0.15) is 13.2 Å². The fourth-order valence-corrected chi connectivity index (χ4v) is 1.30. The van der Waals surface area contributed by atoms with E-state index in [4.69, 9.17) is 5.11 Å². The maximum Gasteiger partial charge on any atom is 0.411 e. The highest BCUT2D eigenvalue weighted by molar-refractivity contribution is 5.93. The van der Waals surface area contributed by atoms with Crippen LogP contribution in [-0.2, 0) is 14.3 Å². The first kappa shape index (κ1) is 14.9. The zero-order valence-electron chi connectivity index (χ0n) is 10.5. The Labute approximate surface area is 110 Å². The summed E-state index contributed by atoms with van der Waals surface area (Å²) in [6.45, 7) is -0.354. The van der Waals surface area contributed by atoms with Gasteiger partial charge in [0.25, 0.3) is 0 Å². The molecular weight excluding hydrogens is 252 g/mol. The van der Waals surface area contributed by atoms with Crippen molar-refractivity contribution in [2.45, 2.75) is 0 Å². The Kier molecular flexibility index (Phi) is 6.34. The molecule has 1 aromatic rings. The van der Waals surface area contributed by atoms with Crippen molar-refractivity contribution in [2.75, 3.05) is 37.6 Å². The second-order valence-corrected chi connectivity index (χ2v) is 3.55. The summed E-state index contributed by atoms with van der Waals surface area (Å²) in [4.78, 5) is 22.6. The number of aliphatic hydroxyl groups is 1. The molecule has 0 saturated carbocycles. The predicted octanol–water partition coefficient (Wildman–Crippen LogP) is 0.812. The molecule has 0 bridgehead atoms. The number of methoxy groups -OCH3 is 1. The summed E-state index contributed by atoms with van der Waals surface area (Å²) in [5.41, 5.74) is 1.00. The van der Waals surface area contributed by atoms with Crippen LogP contribution in [0.2, 0.25) is 0 Å². The van der Waals surface area contributed by atoms with Crippen LogP contribution in [0.15, 0.2) is 24.3 Å². The number of rotatable bonds is 6. The minimum Gasteiger partial charge on any atom is -0.447 e. The number of carbonyl (C=O) groups excluding carboxylic acids is 2. The number of benzene rings is 1. The Hall–Kier alpha value is -2.12. The standard InChI is InChI=1S/C12H16N2O5/c1-18-8-11(16)13-9-3-2-4-10(7-9)14-12(17)19-6-5-15/h2-4,7,15H,5-6,8H2,1H3,(H,13,16)(H,14,17). The SMILES string of the molecule is COCC(=O)Nc1cccc(NC(=O)OCCO)c1. The molecule has 3 N–H and O–H groups in total. The first-order valence-electron chi connectivity index (χ1n) is 5.59. The third-order valence-electron chi connectivity index (χ3n) is 1.99. The fourth-order valence-electron chi connectivity index (χ4n) is 1.30. The lowest BCUT2D eigenvalue weighted by Crippen LogP contribution is -2.18. The number of aliphatic hydroxyl groups excluding tert-OH is 1. The molecule has 19 heavy (non-hydrogen) atoms. The third kappa shape index (κ3) is 5.84. The van der Waals surface area contributed by atoms with Crippen molar-refractivity contribution in [1.29, 1.82) is 0 Å². The summed E-state index contributed by atoms with van der Waals surface area (Å²) in [6, 6.07) is 6.57. The van der Waals surface area contributed by atoms with Gasteiger partial charge in [0.15, 0.2) is 0 Å². The van der Waals surface area contributed by atoms with Crippen molar-refractivity contribution in [3.8, 4) is 0 Å². The van der Waals surface area contributed by atoms with E-state index in [0.717, 1.165) is 0 Å². The number of anilines is 2. The molecular formula is C12H16N2O5. The van der Waals surface area contributed by atoms with Crippen molar-refractivity contribution < 1.29 is 24.2 Å². The minimum atomic E-state index is -0.672. The van der Waals surface area contributed by atoms with Gasteiger partial charge in [0.2, 0.25) is 5.91 Å². The maximum atomic E-state index is 11.3. The molecule has 0 spiro atoms. The molecule has 0 aliphatic heterocycles. The van der Waals surface area contributed by atoms with E-state index in [1.54, 1.807) is 24.3 Å². The topological polar surface area (TPSA) is 96.9 Å². The van der Waals surface area contributed by atoms with Crippen molar-refractivity contribution in [1.82, 2.24) is 0 Å². The van der Waals surface area contributed by atoms with Crippen LogP contribution in [0.4, 0.5) is 16.2 Å². The van der Waals surface area contributed by atoms with Gasteiger partial charge >= 0.3 is 6.09 Å². The lowest BCUT2D eigenvalue weighted by Gasteiger charge is -2.08. The number of amides is 2. The Bertz CT molecular complexity index is 436. The predicted molar refractivity (Wildman–Crippen MR) is 69.0 cm³/mol. The van der Waals surface area contributed by atoms with Crippen molar-refractivity contribution in [2.24, 2.45) is 0 Å². The highest BCUT2D eigenvalue weighted by Gasteiger charge is 2.05. The van der Waals surface area contributed by atoms with Crippen molar-refractivity contribution >= 4 is 23.4 Å². The van der Waals surface area contributed by atoms with Crippen LogP contribution in [0.3, 0.4) is 0 Å². The average Bonchev–Trinajstić information content (AvgIpc) is 2.37. The summed E-state index contributed by atoms with van der Waals surface area (Å²) in [6.07, 6.45) is -0.672. The van der Waals surface area contributed by atoms with Gasteiger partial charge in [-0.25, -0.2) is 4.79 Å². The molecule has 0 heterocycles. The van der Waals surface area contributed by atoms with Gasteiger partial charge in [0, 0.05) is 18.5 Å². The molecule has 2 amide bonds. The normalized spacial score (nSPS) is 9.79. The number of hydrogen-bond acceptors (Lipinski definition) is 5. The van der Waals surface area contributed by atoms with E-state index in [9.17, 15) is 9.59 Å². The van der Waals surface area contributed by atoms with Gasteiger partial charge in [-0.05, 0) is 18.2 Å². The quantitative estimate of drug-likeness (QED) is 0.709. The van der Waals surface area contributed by atoms with Crippen molar-refractivity contribution in [3.63, 3.8) is 0 Å². The van der Waals surface area contributed by atoms with Gasteiger partial charge in [-0.1, -0.05) is 6.07 Å². The average molecular weight is 268 g/mol. The molecule has 0 saturated heterocycles. The lowest BCUT2D eigenvalue weighted by molar-refractivity contribution is -0.119. The zero-order valence-corrected chi connectivity index (χ0v) is 10.5. The number of carbonyl (C=O) groups is 2. The molecule has 0 aliphatic carbocycles. The van der Waals surface area contributed by atoms with Gasteiger partial charge in [-0.15, -0.1) is 0 Å². The van der Waals surface area contributed by atoms with Crippen LogP contribution in [0.1, 0.15) is 0 Å². The van der Waals surface area contributed by atoms with Gasteiger partial charge < -0.3 is 19.9 Å². The molecule has 7 heteroatoms. The van der Waals surface area contributed by atoms with E-state index in [2.05, 4.69) is 20.1 Å². The number of ether oxygens (including phenoxy) is 2. The van der Waals surface area contributed by atoms with Crippen LogP contribution >= 0.6 is 0 Å². The van der Waals surface area contributed by atoms with Crippen LogP contribution in [0, 0.1) is 0 Å². The molecule has 0 aliphatic rings. The van der Waals surface area contributed by atoms with Crippen LogP contribution in [-0.4, -0.2) is 44.0 Å². The first-order valence-corrected chi connectivity index (χ1v) is 5.59. The number of hydrogen-bond donors (Lipinski definition) is 3. The summed E-state index contributed by atoms with van der Waals surface area (Å²) in [5.74, 6) is -0.289. The van der Waals surface area contributed by atoms with E-state index in [1.165, 1.54) is 7.11 Å². The van der Waals surface area contributed by atoms with E-state index >= 15 is 0 Å². The first-order chi connectivity index (χ1) is 9.15. The highest BCUT2D eigenvalue weighted by Crippen LogP contribution is 2.15. The van der Waals surface area contributed by atoms with Gasteiger partial charge in [0.05, 0.1) is 6.61 Å². The van der Waals surface area contributed by atoms with E-state index in [1.807, 2.05) is 0 Å². The molecule has 0 fully saturated rings. The maximum absolute atomic E-state index is 11.3.